The Balaban J connectivity index is 2.92. The van der Waals surface area contributed by atoms with E-state index in [1.165, 1.54) is 23.5 Å². The van der Waals surface area contributed by atoms with Gasteiger partial charge in [0.05, 0.1) is 18.6 Å². The average Bonchev–Trinajstić information content (AvgIpc) is 2.42. The molecule has 0 unspecified atom stereocenters. The summed E-state index contributed by atoms with van der Waals surface area (Å²) in [7, 11) is -2.29. The molecule has 6 nitrogen and oxygen atoms in total. The molecule has 21 heavy (non-hydrogen) atoms. The van der Waals surface area contributed by atoms with Gasteiger partial charge in [0.15, 0.2) is 0 Å². The minimum atomic E-state index is -3.55. The van der Waals surface area contributed by atoms with Gasteiger partial charge < -0.3 is 9.84 Å². The zero-order valence-corrected chi connectivity index (χ0v) is 13.3. The topological polar surface area (TPSA) is 83.9 Å². The number of sulfonamides is 1. The van der Waals surface area contributed by atoms with E-state index in [9.17, 15) is 18.3 Å². The molecule has 1 aromatic carbocycles. The summed E-state index contributed by atoms with van der Waals surface area (Å²) < 4.78 is 30.5. The van der Waals surface area contributed by atoms with Crippen LogP contribution in [0.25, 0.3) is 0 Å². The van der Waals surface area contributed by atoms with E-state index in [1.54, 1.807) is 19.9 Å². The number of aryl methyl sites for hydroxylation is 1. The molecule has 0 atom stereocenters. The van der Waals surface area contributed by atoms with Crippen LogP contribution in [0.5, 0.6) is 5.75 Å². The second kappa shape index (κ2) is 7.31. The minimum absolute atomic E-state index is 0.0128. The molecule has 118 valence electrons. The molecule has 0 heterocycles. The Labute approximate surface area is 125 Å². The van der Waals surface area contributed by atoms with Gasteiger partial charge in [0.25, 0.3) is 0 Å². The third-order valence-electron chi connectivity index (χ3n) is 3.10. The van der Waals surface area contributed by atoms with Gasteiger partial charge in [-0.15, -0.1) is 0 Å². The number of anilines is 1. The van der Waals surface area contributed by atoms with Crippen LogP contribution in [0.4, 0.5) is 5.69 Å². The Morgan fingerprint density at radius 2 is 2.05 bits per heavy atom. The van der Waals surface area contributed by atoms with Gasteiger partial charge in [-0.25, -0.2) is 8.42 Å². The van der Waals surface area contributed by atoms with Crippen molar-refractivity contribution in [2.24, 2.45) is 0 Å². The summed E-state index contributed by atoms with van der Waals surface area (Å²) in [5, 5.41) is 9.55. The standard InChI is InChI=1S/C14H21NO5S/c1-4-15(13-10-12(16)8-7-11(13)2)21(18,19)9-5-6-14(17)20-3/h7-8,10,16H,4-6,9H2,1-3H3. The Kier molecular flexibility index (Phi) is 6.02. The van der Waals surface area contributed by atoms with E-state index in [1.807, 2.05) is 0 Å². The maximum Gasteiger partial charge on any atom is 0.305 e. The average molecular weight is 315 g/mol. The molecule has 0 saturated heterocycles. The van der Waals surface area contributed by atoms with E-state index in [-0.39, 0.29) is 30.9 Å². The zero-order valence-electron chi connectivity index (χ0n) is 12.5. The molecule has 0 spiro atoms. The van der Waals surface area contributed by atoms with Gasteiger partial charge >= 0.3 is 5.97 Å². The molecule has 0 fully saturated rings. The van der Waals surface area contributed by atoms with Crippen molar-refractivity contribution >= 4 is 21.7 Å². The first-order chi connectivity index (χ1) is 9.81. The number of benzene rings is 1. The van der Waals surface area contributed by atoms with Gasteiger partial charge in [-0.3, -0.25) is 9.10 Å². The fraction of sp³-hybridized carbons (Fsp3) is 0.500. The molecule has 0 radical (unpaired) electrons. The van der Waals surface area contributed by atoms with E-state index in [0.717, 1.165) is 5.56 Å². The zero-order chi connectivity index (χ0) is 16.0. The number of aromatic hydroxyl groups is 1. The van der Waals surface area contributed by atoms with Crippen molar-refractivity contribution < 1.29 is 23.1 Å². The summed E-state index contributed by atoms with van der Waals surface area (Å²) >= 11 is 0. The van der Waals surface area contributed by atoms with Crippen LogP contribution in [0.1, 0.15) is 25.3 Å². The second-order valence-corrected chi connectivity index (χ2v) is 6.64. The van der Waals surface area contributed by atoms with Crippen LogP contribution in [-0.4, -0.2) is 38.9 Å². The van der Waals surface area contributed by atoms with Crippen molar-refractivity contribution in [3.05, 3.63) is 23.8 Å². The molecule has 0 bridgehead atoms. The number of phenolic OH excluding ortho intramolecular Hbond substituents is 1. The highest BCUT2D eigenvalue weighted by Crippen LogP contribution is 2.27. The summed E-state index contributed by atoms with van der Waals surface area (Å²) in [6.45, 7) is 3.76. The van der Waals surface area contributed by atoms with Crippen molar-refractivity contribution in [1.29, 1.82) is 0 Å². The molecule has 1 rings (SSSR count). The molecule has 1 aromatic rings. The predicted octanol–water partition coefficient (Wildman–Crippen LogP) is 1.81. The Bertz CT molecular complexity index is 597. The van der Waals surface area contributed by atoms with Crippen molar-refractivity contribution in [2.75, 3.05) is 23.7 Å². The monoisotopic (exact) mass is 315 g/mol. The lowest BCUT2D eigenvalue weighted by molar-refractivity contribution is -0.140. The quantitative estimate of drug-likeness (QED) is 0.776. The first-order valence-corrected chi connectivity index (χ1v) is 8.29. The molecule has 0 aliphatic rings. The molecule has 0 amide bonds. The number of phenols is 1. The van der Waals surface area contributed by atoms with Crippen LogP contribution < -0.4 is 4.31 Å². The van der Waals surface area contributed by atoms with Crippen molar-refractivity contribution in [3.63, 3.8) is 0 Å². The number of hydrogen-bond acceptors (Lipinski definition) is 5. The first kappa shape index (κ1) is 17.3. The molecule has 1 N–H and O–H groups in total. The van der Waals surface area contributed by atoms with Crippen LogP contribution in [0.3, 0.4) is 0 Å². The number of rotatable bonds is 7. The number of nitrogens with zero attached hydrogens (tertiary/aromatic N) is 1. The summed E-state index contributed by atoms with van der Waals surface area (Å²) in [5.74, 6) is -0.564. The molecule has 0 aromatic heterocycles. The number of methoxy groups -OCH3 is 1. The van der Waals surface area contributed by atoms with Gasteiger partial charge in [-0.2, -0.15) is 0 Å². The minimum Gasteiger partial charge on any atom is -0.508 e. The number of hydrogen-bond donors (Lipinski definition) is 1. The van der Waals surface area contributed by atoms with Gasteiger partial charge in [-0.05, 0) is 31.9 Å². The predicted molar refractivity (Wildman–Crippen MR) is 80.9 cm³/mol. The highest BCUT2D eigenvalue weighted by Gasteiger charge is 2.22. The fourth-order valence-electron chi connectivity index (χ4n) is 1.99. The molecule has 0 aliphatic carbocycles. The summed E-state index contributed by atoms with van der Waals surface area (Å²) in [5.41, 5.74) is 1.21. The lowest BCUT2D eigenvalue weighted by Gasteiger charge is -2.24. The molecule has 0 saturated carbocycles. The van der Waals surface area contributed by atoms with Crippen LogP contribution in [-0.2, 0) is 19.6 Å². The highest BCUT2D eigenvalue weighted by atomic mass is 32.2. The highest BCUT2D eigenvalue weighted by molar-refractivity contribution is 7.92. The lowest BCUT2D eigenvalue weighted by atomic mass is 10.2. The molecule has 7 heteroatoms. The number of ether oxygens (including phenoxy) is 1. The van der Waals surface area contributed by atoms with E-state index in [0.29, 0.717) is 5.69 Å². The van der Waals surface area contributed by atoms with Crippen LogP contribution >= 0.6 is 0 Å². The van der Waals surface area contributed by atoms with Gasteiger partial charge in [-0.1, -0.05) is 6.07 Å². The smallest absolute Gasteiger partial charge is 0.305 e. The summed E-state index contributed by atoms with van der Waals surface area (Å²) in [6, 6.07) is 4.60. The van der Waals surface area contributed by atoms with E-state index in [4.69, 9.17) is 0 Å². The van der Waals surface area contributed by atoms with Crippen LogP contribution in [0.15, 0.2) is 18.2 Å². The maximum atomic E-state index is 12.4. The maximum absolute atomic E-state index is 12.4. The SMILES string of the molecule is CCN(c1cc(O)ccc1C)S(=O)(=O)CCCC(=O)OC. The molecular formula is C14H21NO5S. The number of esters is 1. The summed E-state index contributed by atoms with van der Waals surface area (Å²) in [6.07, 6.45) is 0.260. The van der Waals surface area contributed by atoms with Gasteiger partial charge in [0, 0.05) is 19.0 Å². The Morgan fingerprint density at radius 3 is 2.62 bits per heavy atom. The van der Waals surface area contributed by atoms with Crippen LogP contribution in [0, 0.1) is 6.92 Å². The molecular weight excluding hydrogens is 294 g/mol. The fourth-order valence-corrected chi connectivity index (χ4v) is 3.61. The third-order valence-corrected chi connectivity index (χ3v) is 5.03. The normalized spacial score (nSPS) is 11.2. The Morgan fingerprint density at radius 1 is 1.38 bits per heavy atom. The lowest BCUT2D eigenvalue weighted by Crippen LogP contribution is -2.33. The van der Waals surface area contributed by atoms with Crippen molar-refractivity contribution in [1.82, 2.24) is 0 Å². The van der Waals surface area contributed by atoms with E-state index >= 15 is 0 Å². The van der Waals surface area contributed by atoms with Crippen molar-refractivity contribution in [2.45, 2.75) is 26.7 Å². The van der Waals surface area contributed by atoms with Gasteiger partial charge in [0.2, 0.25) is 10.0 Å². The summed E-state index contributed by atoms with van der Waals surface area (Å²) in [4.78, 5) is 11.0. The first-order valence-electron chi connectivity index (χ1n) is 6.68. The van der Waals surface area contributed by atoms with E-state index in [2.05, 4.69) is 4.74 Å². The van der Waals surface area contributed by atoms with E-state index < -0.39 is 16.0 Å². The van der Waals surface area contributed by atoms with Gasteiger partial charge in [0.1, 0.15) is 5.75 Å². The van der Waals surface area contributed by atoms with Crippen LogP contribution in [0.2, 0.25) is 0 Å². The largest absolute Gasteiger partial charge is 0.508 e. The third kappa shape index (κ3) is 4.63. The second-order valence-electron chi connectivity index (χ2n) is 4.63. The number of carbonyl (C=O) groups excluding carboxylic acids is 1. The van der Waals surface area contributed by atoms with Crippen molar-refractivity contribution in [3.8, 4) is 5.75 Å². The number of carbonyl (C=O) groups is 1. The molecule has 0 aliphatic heterocycles. The Hall–Kier alpha value is -1.76.